The van der Waals surface area contributed by atoms with Gasteiger partial charge < -0.3 is 10.4 Å². The van der Waals surface area contributed by atoms with Gasteiger partial charge in [0.1, 0.15) is 5.82 Å². The van der Waals surface area contributed by atoms with E-state index in [0.29, 0.717) is 23.2 Å². The average molecular weight is 297 g/mol. The maximum Gasteiger partial charge on any atom is 0.335 e. The number of hydrogen-bond acceptors (Lipinski definition) is 2. The molecule has 2 aromatic rings. The lowest BCUT2D eigenvalue weighted by molar-refractivity contribution is -0.118. The highest BCUT2D eigenvalue weighted by molar-refractivity contribution is 6.10. The Labute approximate surface area is 125 Å². The first-order chi connectivity index (χ1) is 10.5. The van der Waals surface area contributed by atoms with Gasteiger partial charge >= 0.3 is 5.97 Å². The standard InChI is InChI=1S/C17H12FNO3/c18-13-4-2-1-3-10(13)12-8-17(12)11-7-9(15(20)21)5-6-14(11)19-16(17)22/h1-7,12H,8H2,(H,19,22)(H,20,21)/t12-,17-/m0/s1. The smallest absolute Gasteiger partial charge is 0.335 e. The third-order valence-electron chi connectivity index (χ3n) is 4.64. The van der Waals surface area contributed by atoms with Crippen molar-refractivity contribution in [1.29, 1.82) is 0 Å². The molecule has 1 saturated carbocycles. The Kier molecular flexibility index (Phi) is 2.46. The zero-order valence-electron chi connectivity index (χ0n) is 11.5. The minimum atomic E-state index is -1.04. The van der Waals surface area contributed by atoms with Crippen molar-refractivity contribution in [2.24, 2.45) is 0 Å². The molecule has 1 heterocycles. The molecule has 4 nitrogen and oxygen atoms in total. The molecule has 0 bridgehead atoms. The Morgan fingerprint density at radius 3 is 2.77 bits per heavy atom. The van der Waals surface area contributed by atoms with Gasteiger partial charge in [0.15, 0.2) is 0 Å². The summed E-state index contributed by atoms with van der Waals surface area (Å²) in [6, 6.07) is 11.0. The Morgan fingerprint density at radius 2 is 2.05 bits per heavy atom. The fraction of sp³-hybridized carbons (Fsp3) is 0.176. The number of nitrogens with one attached hydrogen (secondary N) is 1. The number of hydrogen-bond donors (Lipinski definition) is 2. The summed E-state index contributed by atoms with van der Waals surface area (Å²) in [4.78, 5) is 23.6. The van der Waals surface area contributed by atoms with E-state index in [4.69, 9.17) is 5.11 Å². The molecule has 0 radical (unpaired) electrons. The van der Waals surface area contributed by atoms with E-state index in [0.717, 1.165) is 0 Å². The van der Waals surface area contributed by atoms with Crippen molar-refractivity contribution < 1.29 is 19.1 Å². The maximum absolute atomic E-state index is 14.0. The molecule has 0 saturated heterocycles. The van der Waals surface area contributed by atoms with E-state index in [1.165, 1.54) is 18.2 Å². The topological polar surface area (TPSA) is 66.4 Å². The monoisotopic (exact) mass is 297 g/mol. The molecule has 1 aliphatic heterocycles. The molecule has 1 spiro atoms. The van der Waals surface area contributed by atoms with Gasteiger partial charge in [0.25, 0.3) is 0 Å². The molecular weight excluding hydrogens is 285 g/mol. The number of carboxylic acids is 1. The molecule has 22 heavy (non-hydrogen) atoms. The van der Waals surface area contributed by atoms with Gasteiger partial charge in [-0.1, -0.05) is 18.2 Å². The van der Waals surface area contributed by atoms with E-state index >= 15 is 0 Å². The first-order valence-corrected chi connectivity index (χ1v) is 6.98. The van der Waals surface area contributed by atoms with Crippen LogP contribution in [0.3, 0.4) is 0 Å². The number of benzene rings is 2. The van der Waals surface area contributed by atoms with E-state index in [-0.39, 0.29) is 23.2 Å². The SMILES string of the molecule is O=C(O)c1ccc2c(c1)[C@]1(C[C@H]1c1ccccc1F)C(=O)N2. The number of amides is 1. The molecule has 110 valence electrons. The molecule has 1 amide bonds. The van der Waals surface area contributed by atoms with E-state index in [1.54, 1.807) is 24.3 Å². The zero-order valence-corrected chi connectivity index (χ0v) is 11.5. The van der Waals surface area contributed by atoms with Crippen LogP contribution >= 0.6 is 0 Å². The fourth-order valence-corrected chi connectivity index (χ4v) is 3.46. The van der Waals surface area contributed by atoms with Crippen molar-refractivity contribution in [1.82, 2.24) is 0 Å². The quantitative estimate of drug-likeness (QED) is 0.895. The molecule has 2 atom stereocenters. The molecule has 0 unspecified atom stereocenters. The minimum absolute atomic E-state index is 0.133. The van der Waals surface area contributed by atoms with Crippen LogP contribution in [-0.4, -0.2) is 17.0 Å². The van der Waals surface area contributed by atoms with Crippen molar-refractivity contribution in [2.45, 2.75) is 17.8 Å². The Bertz CT molecular complexity index is 832. The lowest BCUT2D eigenvalue weighted by atomic mass is 9.91. The van der Waals surface area contributed by atoms with Crippen LogP contribution in [0.4, 0.5) is 10.1 Å². The third kappa shape index (κ3) is 1.56. The average Bonchev–Trinajstić information content (AvgIpc) is 3.17. The van der Waals surface area contributed by atoms with Crippen molar-refractivity contribution >= 4 is 17.6 Å². The van der Waals surface area contributed by atoms with Crippen molar-refractivity contribution in [3.63, 3.8) is 0 Å². The molecule has 4 rings (SSSR count). The summed E-state index contributed by atoms with van der Waals surface area (Å²) in [5, 5.41) is 11.9. The summed E-state index contributed by atoms with van der Waals surface area (Å²) < 4.78 is 14.0. The van der Waals surface area contributed by atoms with Gasteiger partial charge in [-0.05, 0) is 41.8 Å². The molecule has 1 aliphatic carbocycles. The number of carbonyl (C=O) groups excluding carboxylic acids is 1. The minimum Gasteiger partial charge on any atom is -0.478 e. The normalized spacial score (nSPS) is 25.0. The van der Waals surface area contributed by atoms with Gasteiger partial charge in [-0.2, -0.15) is 0 Å². The van der Waals surface area contributed by atoms with E-state index in [9.17, 15) is 14.0 Å². The van der Waals surface area contributed by atoms with E-state index in [2.05, 4.69) is 5.32 Å². The summed E-state index contributed by atoms with van der Waals surface area (Å²) >= 11 is 0. The molecule has 2 aliphatic rings. The maximum atomic E-state index is 14.0. The first kappa shape index (κ1) is 13.0. The summed E-state index contributed by atoms with van der Waals surface area (Å²) in [5.41, 5.74) is 1.09. The zero-order chi connectivity index (χ0) is 15.5. The Balaban J connectivity index is 1.83. The van der Waals surface area contributed by atoms with Crippen molar-refractivity contribution in [3.05, 3.63) is 65.0 Å². The van der Waals surface area contributed by atoms with E-state index in [1.807, 2.05) is 0 Å². The molecule has 0 aromatic heterocycles. The summed E-state index contributed by atoms with van der Waals surface area (Å²) in [6.07, 6.45) is 0.496. The number of carbonyl (C=O) groups is 2. The predicted octanol–water partition coefficient (Wildman–Crippen LogP) is 2.90. The second-order valence-electron chi connectivity index (χ2n) is 5.77. The molecular formula is C17H12FNO3. The fourth-order valence-electron chi connectivity index (χ4n) is 3.46. The molecule has 2 aromatic carbocycles. The second kappa shape index (κ2) is 4.16. The molecule has 5 heteroatoms. The summed E-state index contributed by atoms with van der Waals surface area (Å²) in [5.74, 6) is -1.81. The number of aromatic carboxylic acids is 1. The lowest BCUT2D eigenvalue weighted by Gasteiger charge is -2.10. The van der Waals surface area contributed by atoms with Gasteiger partial charge in [0.05, 0.1) is 11.0 Å². The van der Waals surface area contributed by atoms with Gasteiger partial charge in [-0.25, -0.2) is 9.18 Å². The number of carboxylic acid groups (broad SMARTS) is 1. The molecule has 1 fully saturated rings. The highest BCUT2D eigenvalue weighted by Crippen LogP contribution is 2.65. The van der Waals surface area contributed by atoms with E-state index < -0.39 is 11.4 Å². The van der Waals surface area contributed by atoms with Gasteiger partial charge in [-0.3, -0.25) is 4.79 Å². The van der Waals surface area contributed by atoms with Crippen LogP contribution < -0.4 is 5.32 Å². The number of fused-ring (bicyclic) bond motifs is 2. The van der Waals surface area contributed by atoms with Crippen LogP contribution in [0.1, 0.15) is 33.8 Å². The second-order valence-corrected chi connectivity index (χ2v) is 5.77. The number of rotatable bonds is 2. The Hall–Kier alpha value is -2.69. The van der Waals surface area contributed by atoms with Crippen LogP contribution in [0, 0.1) is 5.82 Å². The number of halogens is 1. The predicted molar refractivity (Wildman–Crippen MR) is 77.5 cm³/mol. The summed E-state index contributed by atoms with van der Waals surface area (Å²) in [6.45, 7) is 0. The lowest BCUT2D eigenvalue weighted by Crippen LogP contribution is -2.21. The van der Waals surface area contributed by atoms with Crippen LogP contribution in [0.5, 0.6) is 0 Å². The Morgan fingerprint density at radius 1 is 1.27 bits per heavy atom. The van der Waals surface area contributed by atoms with Gasteiger partial charge in [0, 0.05) is 11.6 Å². The molecule has 2 N–H and O–H groups in total. The summed E-state index contributed by atoms with van der Waals surface area (Å²) in [7, 11) is 0. The van der Waals surface area contributed by atoms with Gasteiger partial charge in [-0.15, -0.1) is 0 Å². The van der Waals surface area contributed by atoms with Gasteiger partial charge in [0.2, 0.25) is 5.91 Å². The number of anilines is 1. The highest BCUT2D eigenvalue weighted by atomic mass is 19.1. The van der Waals surface area contributed by atoms with Crippen LogP contribution in [0.25, 0.3) is 0 Å². The van der Waals surface area contributed by atoms with Crippen molar-refractivity contribution in [2.75, 3.05) is 5.32 Å². The third-order valence-corrected chi connectivity index (χ3v) is 4.64. The van der Waals surface area contributed by atoms with Crippen LogP contribution in [0.15, 0.2) is 42.5 Å². The first-order valence-electron chi connectivity index (χ1n) is 6.98. The van der Waals surface area contributed by atoms with Crippen LogP contribution in [-0.2, 0) is 10.2 Å². The highest BCUT2D eigenvalue weighted by Gasteiger charge is 2.65. The largest absolute Gasteiger partial charge is 0.478 e. The van der Waals surface area contributed by atoms with Crippen molar-refractivity contribution in [3.8, 4) is 0 Å². The van der Waals surface area contributed by atoms with Crippen LogP contribution in [0.2, 0.25) is 0 Å².